The zero-order chi connectivity index (χ0) is 13.7. The van der Waals surface area contributed by atoms with Crippen molar-refractivity contribution in [3.05, 3.63) is 53.7 Å². The molecule has 0 spiro atoms. The normalized spacial score (nSPS) is 11.9. The van der Waals surface area contributed by atoms with Crippen LogP contribution < -0.4 is 15.2 Å². The van der Waals surface area contributed by atoms with Crippen molar-refractivity contribution in [2.45, 2.75) is 19.6 Å². The topological polar surface area (TPSA) is 57.4 Å². The monoisotopic (exact) mass is 258 g/mol. The highest BCUT2D eigenvalue weighted by Crippen LogP contribution is 2.17. The third-order valence-corrected chi connectivity index (χ3v) is 2.83. The number of hydrogen-bond donors (Lipinski definition) is 1. The zero-order valence-corrected chi connectivity index (χ0v) is 11.2. The molecule has 1 unspecified atom stereocenters. The summed E-state index contributed by atoms with van der Waals surface area (Å²) in [7, 11) is 1.65. The summed E-state index contributed by atoms with van der Waals surface area (Å²) in [6, 6.07) is 11.5. The molecule has 1 aromatic heterocycles. The van der Waals surface area contributed by atoms with Gasteiger partial charge in [0, 0.05) is 18.3 Å². The minimum absolute atomic E-state index is 0.0219. The third kappa shape index (κ3) is 3.69. The van der Waals surface area contributed by atoms with Gasteiger partial charge in [0.05, 0.1) is 7.11 Å². The Bertz CT molecular complexity index is 524. The predicted molar refractivity (Wildman–Crippen MR) is 74.2 cm³/mol. The number of ether oxygens (including phenoxy) is 2. The first-order chi connectivity index (χ1) is 9.19. The summed E-state index contributed by atoms with van der Waals surface area (Å²) in [4.78, 5) is 4.17. The van der Waals surface area contributed by atoms with Crippen LogP contribution in [0.1, 0.15) is 24.1 Å². The molecule has 2 aromatic rings. The van der Waals surface area contributed by atoms with Crippen LogP contribution in [0.4, 0.5) is 0 Å². The van der Waals surface area contributed by atoms with Crippen molar-refractivity contribution >= 4 is 0 Å². The van der Waals surface area contributed by atoms with Gasteiger partial charge in [0.15, 0.2) is 0 Å². The molecule has 0 saturated heterocycles. The predicted octanol–water partition coefficient (Wildman–Crippen LogP) is 2.69. The summed E-state index contributed by atoms with van der Waals surface area (Å²) in [6.07, 6.45) is 1.71. The smallest absolute Gasteiger partial charge is 0.213 e. The third-order valence-electron chi connectivity index (χ3n) is 2.83. The van der Waals surface area contributed by atoms with Crippen LogP contribution in [-0.4, -0.2) is 12.1 Å². The Morgan fingerprint density at radius 1 is 1.21 bits per heavy atom. The van der Waals surface area contributed by atoms with Gasteiger partial charge in [0.25, 0.3) is 0 Å². The number of benzene rings is 1. The van der Waals surface area contributed by atoms with Crippen LogP contribution in [-0.2, 0) is 6.61 Å². The quantitative estimate of drug-likeness (QED) is 0.895. The van der Waals surface area contributed by atoms with Gasteiger partial charge < -0.3 is 15.2 Å². The van der Waals surface area contributed by atoms with Gasteiger partial charge in [-0.15, -0.1) is 0 Å². The van der Waals surface area contributed by atoms with E-state index >= 15 is 0 Å². The average molecular weight is 258 g/mol. The van der Waals surface area contributed by atoms with E-state index in [0.717, 1.165) is 16.9 Å². The lowest BCUT2D eigenvalue weighted by Crippen LogP contribution is -2.06. The molecule has 4 nitrogen and oxygen atoms in total. The molecular weight excluding hydrogens is 240 g/mol. The number of nitrogens with two attached hydrogens (primary N) is 1. The first kappa shape index (κ1) is 13.4. The highest BCUT2D eigenvalue weighted by molar-refractivity contribution is 5.27. The average Bonchev–Trinajstić information content (AvgIpc) is 2.46. The van der Waals surface area contributed by atoms with Crippen molar-refractivity contribution in [1.82, 2.24) is 4.98 Å². The van der Waals surface area contributed by atoms with E-state index < -0.39 is 0 Å². The van der Waals surface area contributed by atoms with Crippen LogP contribution in [0.15, 0.2) is 42.6 Å². The lowest BCUT2D eigenvalue weighted by atomic mass is 10.1. The van der Waals surface area contributed by atoms with Crippen molar-refractivity contribution in [2.75, 3.05) is 7.11 Å². The Morgan fingerprint density at radius 3 is 2.58 bits per heavy atom. The molecule has 2 N–H and O–H groups in total. The molecule has 19 heavy (non-hydrogen) atoms. The van der Waals surface area contributed by atoms with E-state index in [4.69, 9.17) is 15.2 Å². The summed E-state index contributed by atoms with van der Waals surface area (Å²) >= 11 is 0. The number of rotatable bonds is 5. The fourth-order valence-electron chi connectivity index (χ4n) is 1.67. The Morgan fingerprint density at radius 2 is 1.95 bits per heavy atom. The molecular formula is C15H18N2O2. The molecule has 1 aromatic carbocycles. The molecule has 1 atom stereocenters. The second kappa shape index (κ2) is 6.20. The van der Waals surface area contributed by atoms with E-state index in [9.17, 15) is 0 Å². The van der Waals surface area contributed by atoms with E-state index in [1.807, 2.05) is 43.3 Å². The van der Waals surface area contributed by atoms with Gasteiger partial charge in [-0.3, -0.25) is 0 Å². The first-order valence-corrected chi connectivity index (χ1v) is 6.16. The molecule has 100 valence electrons. The molecule has 4 heteroatoms. The second-order valence-electron chi connectivity index (χ2n) is 4.35. The number of pyridine rings is 1. The first-order valence-electron chi connectivity index (χ1n) is 6.16. The van der Waals surface area contributed by atoms with Crippen LogP contribution >= 0.6 is 0 Å². The molecule has 0 aliphatic carbocycles. The maximum absolute atomic E-state index is 5.82. The fraction of sp³-hybridized carbons (Fsp3) is 0.267. The van der Waals surface area contributed by atoms with E-state index in [1.54, 1.807) is 13.3 Å². The van der Waals surface area contributed by atoms with E-state index in [-0.39, 0.29) is 6.04 Å². The zero-order valence-electron chi connectivity index (χ0n) is 11.2. The van der Waals surface area contributed by atoms with Crippen LogP contribution in [0.3, 0.4) is 0 Å². The molecule has 0 aliphatic heterocycles. The molecule has 0 bridgehead atoms. The molecule has 0 aliphatic rings. The van der Waals surface area contributed by atoms with Crippen molar-refractivity contribution in [3.63, 3.8) is 0 Å². The fourth-order valence-corrected chi connectivity index (χ4v) is 1.67. The van der Waals surface area contributed by atoms with Crippen molar-refractivity contribution in [1.29, 1.82) is 0 Å². The van der Waals surface area contributed by atoms with Crippen molar-refractivity contribution in [2.24, 2.45) is 5.73 Å². The SMILES string of the molecule is COc1ccc(COc2cc(C(C)N)ccn2)cc1. The number of methoxy groups -OCH3 is 1. The highest BCUT2D eigenvalue weighted by Gasteiger charge is 2.03. The number of nitrogens with zero attached hydrogens (tertiary/aromatic N) is 1. The lowest BCUT2D eigenvalue weighted by Gasteiger charge is -2.09. The van der Waals surface area contributed by atoms with E-state index in [0.29, 0.717) is 12.5 Å². The number of hydrogen-bond acceptors (Lipinski definition) is 4. The molecule has 0 fully saturated rings. The van der Waals surface area contributed by atoms with Crippen molar-refractivity contribution < 1.29 is 9.47 Å². The minimum Gasteiger partial charge on any atom is -0.497 e. The highest BCUT2D eigenvalue weighted by atomic mass is 16.5. The summed E-state index contributed by atoms with van der Waals surface area (Å²) < 4.78 is 10.8. The Balaban J connectivity index is 1.99. The van der Waals surface area contributed by atoms with Gasteiger partial charge >= 0.3 is 0 Å². The Labute approximate surface area is 113 Å². The van der Waals surface area contributed by atoms with Gasteiger partial charge in [-0.2, -0.15) is 0 Å². The summed E-state index contributed by atoms with van der Waals surface area (Å²) in [5, 5.41) is 0. The summed E-state index contributed by atoms with van der Waals surface area (Å²) in [5.41, 5.74) is 7.90. The van der Waals surface area contributed by atoms with Gasteiger partial charge in [0.1, 0.15) is 12.4 Å². The van der Waals surface area contributed by atoms with E-state index in [2.05, 4.69) is 4.98 Å². The van der Waals surface area contributed by atoms with E-state index in [1.165, 1.54) is 0 Å². The van der Waals surface area contributed by atoms with Crippen LogP contribution in [0.5, 0.6) is 11.6 Å². The van der Waals surface area contributed by atoms with Gasteiger partial charge in [-0.25, -0.2) is 4.98 Å². The standard InChI is InChI=1S/C15H18N2O2/c1-11(16)13-7-8-17-15(9-13)19-10-12-3-5-14(18-2)6-4-12/h3-9,11H,10,16H2,1-2H3. The Kier molecular flexibility index (Phi) is 4.36. The lowest BCUT2D eigenvalue weighted by molar-refractivity contribution is 0.293. The van der Waals surface area contributed by atoms with Crippen LogP contribution in [0, 0.1) is 0 Å². The van der Waals surface area contributed by atoms with Gasteiger partial charge in [-0.1, -0.05) is 12.1 Å². The molecule has 1 heterocycles. The molecule has 2 rings (SSSR count). The molecule has 0 radical (unpaired) electrons. The second-order valence-corrected chi connectivity index (χ2v) is 4.35. The minimum atomic E-state index is -0.0219. The maximum Gasteiger partial charge on any atom is 0.213 e. The molecule has 0 saturated carbocycles. The van der Waals surface area contributed by atoms with Crippen molar-refractivity contribution in [3.8, 4) is 11.6 Å². The summed E-state index contributed by atoms with van der Waals surface area (Å²) in [6.45, 7) is 2.40. The van der Waals surface area contributed by atoms with Crippen LogP contribution in [0.2, 0.25) is 0 Å². The summed E-state index contributed by atoms with van der Waals surface area (Å²) in [5.74, 6) is 1.42. The maximum atomic E-state index is 5.82. The molecule has 0 amide bonds. The van der Waals surface area contributed by atoms with Gasteiger partial charge in [0.2, 0.25) is 5.88 Å². The van der Waals surface area contributed by atoms with Crippen LogP contribution in [0.25, 0.3) is 0 Å². The van der Waals surface area contributed by atoms with Gasteiger partial charge in [-0.05, 0) is 36.2 Å². The Hall–Kier alpha value is -2.07. The number of aromatic nitrogens is 1. The largest absolute Gasteiger partial charge is 0.497 e.